The number of ketones is 1. The number of urea groups is 1. The van der Waals surface area contributed by atoms with E-state index in [2.05, 4.69) is 9.98 Å². The lowest BCUT2D eigenvalue weighted by Gasteiger charge is -2.26. The van der Waals surface area contributed by atoms with Crippen LogP contribution in [0.5, 0.6) is 5.75 Å². The molecule has 0 saturated heterocycles. The Morgan fingerprint density at radius 2 is 1.90 bits per heavy atom. The van der Waals surface area contributed by atoms with Crippen LogP contribution in [-0.4, -0.2) is 70.9 Å². The monoisotopic (exact) mass is 429 g/mol. The fourth-order valence-electron chi connectivity index (χ4n) is 3.19. The lowest BCUT2D eigenvalue weighted by Crippen LogP contribution is -2.54. The molecule has 2 aliphatic heterocycles. The second kappa shape index (κ2) is 8.91. The molecular formula is C21H25N4O4S+. The number of Topliss-reactive ketones (excluding diaryl/α,β-unsaturated/α-hetero) is 1. The maximum absolute atomic E-state index is 12.8. The van der Waals surface area contributed by atoms with Crippen LogP contribution in [0.25, 0.3) is 0 Å². The van der Waals surface area contributed by atoms with Crippen LogP contribution in [0.15, 0.2) is 34.3 Å². The summed E-state index contributed by atoms with van der Waals surface area (Å²) in [5.74, 6) is 0.791. The molecule has 9 heteroatoms. The van der Waals surface area contributed by atoms with Gasteiger partial charge in [-0.2, -0.15) is 9.48 Å². The highest BCUT2D eigenvalue weighted by Gasteiger charge is 2.49. The largest absolute Gasteiger partial charge is 0.497 e. The van der Waals surface area contributed by atoms with E-state index in [1.165, 1.54) is 23.4 Å². The van der Waals surface area contributed by atoms with Gasteiger partial charge in [0.25, 0.3) is 5.84 Å². The van der Waals surface area contributed by atoms with E-state index in [9.17, 15) is 14.4 Å². The number of aliphatic imine (C=N–C) groups is 2. The number of carbonyl (C=O) groups is 3. The third-order valence-electron chi connectivity index (χ3n) is 4.84. The number of rotatable bonds is 6. The first kappa shape index (κ1) is 21.9. The molecule has 1 unspecified atom stereocenters. The normalized spacial score (nSPS) is 19.0. The second-order valence-electron chi connectivity index (χ2n) is 7.55. The molecule has 1 atom stereocenters. The van der Waals surface area contributed by atoms with Gasteiger partial charge in [0.2, 0.25) is 5.84 Å². The summed E-state index contributed by atoms with van der Waals surface area (Å²) in [4.78, 5) is 48.0. The number of hydrogen-bond acceptors (Lipinski definition) is 7. The first-order valence-electron chi connectivity index (χ1n) is 9.61. The molecule has 0 spiro atoms. The van der Waals surface area contributed by atoms with Crippen molar-refractivity contribution < 1.29 is 23.7 Å². The Bertz CT molecular complexity index is 979. The highest BCUT2D eigenvalue weighted by Crippen LogP contribution is 2.27. The number of carbonyl (C=O) groups excluding carboxylic acids is 3. The van der Waals surface area contributed by atoms with E-state index in [0.29, 0.717) is 40.4 Å². The zero-order chi connectivity index (χ0) is 22.0. The highest BCUT2D eigenvalue weighted by molar-refractivity contribution is 8.14. The van der Waals surface area contributed by atoms with Crippen molar-refractivity contribution in [3.05, 3.63) is 29.8 Å². The molecule has 2 aliphatic rings. The lowest BCUT2D eigenvalue weighted by atomic mass is 10.0. The third kappa shape index (κ3) is 4.35. The summed E-state index contributed by atoms with van der Waals surface area (Å²) in [6, 6.07) is 6.45. The van der Waals surface area contributed by atoms with E-state index in [-0.39, 0.29) is 17.4 Å². The number of benzene rings is 1. The van der Waals surface area contributed by atoms with Crippen LogP contribution in [0.1, 0.15) is 30.6 Å². The van der Waals surface area contributed by atoms with Gasteiger partial charge in [-0.05, 0) is 30.2 Å². The third-order valence-corrected chi connectivity index (χ3v) is 5.87. The number of fused-ring (bicyclic) bond motifs is 1. The van der Waals surface area contributed by atoms with Crippen LogP contribution in [0.4, 0.5) is 4.79 Å². The summed E-state index contributed by atoms with van der Waals surface area (Å²) < 4.78 is 6.50. The lowest BCUT2D eigenvalue weighted by molar-refractivity contribution is -0.407. The zero-order valence-electron chi connectivity index (χ0n) is 17.7. The molecular weight excluding hydrogens is 404 g/mol. The minimum atomic E-state index is -0.776. The van der Waals surface area contributed by atoms with Gasteiger partial charge < -0.3 is 4.74 Å². The average Bonchev–Trinajstić information content (AvgIpc) is 2.73. The maximum Gasteiger partial charge on any atom is 0.445 e. The molecule has 2 heterocycles. The number of ether oxygens (including phenoxy) is 1. The summed E-state index contributed by atoms with van der Waals surface area (Å²) in [5.41, 5.74) is 0.555. The predicted octanol–water partition coefficient (Wildman–Crippen LogP) is 2.72. The van der Waals surface area contributed by atoms with Crippen LogP contribution in [0.2, 0.25) is 0 Å². The fourth-order valence-corrected chi connectivity index (χ4v) is 4.18. The molecule has 8 nitrogen and oxygen atoms in total. The number of amides is 3. The number of amidine groups is 2. The summed E-state index contributed by atoms with van der Waals surface area (Å²) in [5, 5.41) is 0.494. The van der Waals surface area contributed by atoms with Gasteiger partial charge >= 0.3 is 11.9 Å². The van der Waals surface area contributed by atoms with E-state index in [0.717, 1.165) is 4.90 Å². The topological polar surface area (TPSA) is 91.4 Å². The van der Waals surface area contributed by atoms with Crippen LogP contribution in [0, 0.1) is 11.8 Å². The summed E-state index contributed by atoms with van der Waals surface area (Å²) in [6.07, 6.45) is 0.610. The van der Waals surface area contributed by atoms with Gasteiger partial charge in [0.1, 0.15) is 10.8 Å². The predicted molar refractivity (Wildman–Crippen MR) is 117 cm³/mol. The number of methoxy groups -OCH3 is 1. The molecule has 3 amide bonds. The van der Waals surface area contributed by atoms with Gasteiger partial charge in [0, 0.05) is 12.0 Å². The molecule has 1 aromatic rings. The van der Waals surface area contributed by atoms with E-state index in [1.807, 2.05) is 13.8 Å². The first-order chi connectivity index (χ1) is 14.2. The number of thioether (sulfide) groups is 1. The molecule has 0 N–H and O–H groups in total. The number of nitrogens with zero attached hydrogens (tertiary/aromatic N) is 4. The molecule has 0 aromatic heterocycles. The van der Waals surface area contributed by atoms with Gasteiger partial charge in [-0.3, -0.25) is 9.59 Å². The van der Waals surface area contributed by atoms with Crippen molar-refractivity contribution in [3.8, 4) is 5.75 Å². The molecule has 3 rings (SSSR count). The van der Waals surface area contributed by atoms with Crippen molar-refractivity contribution in [3.63, 3.8) is 0 Å². The van der Waals surface area contributed by atoms with Crippen molar-refractivity contribution in [2.24, 2.45) is 21.8 Å². The van der Waals surface area contributed by atoms with Crippen LogP contribution in [-0.2, 0) is 4.79 Å². The highest BCUT2D eigenvalue weighted by atomic mass is 32.2. The fraction of sp³-hybridized carbons (Fsp3) is 0.429. The molecule has 0 saturated carbocycles. The van der Waals surface area contributed by atoms with Crippen LogP contribution in [0.3, 0.4) is 0 Å². The van der Waals surface area contributed by atoms with Crippen molar-refractivity contribution in [1.82, 2.24) is 4.90 Å². The van der Waals surface area contributed by atoms with Crippen molar-refractivity contribution in [2.75, 3.05) is 27.0 Å². The van der Waals surface area contributed by atoms with Gasteiger partial charge in [-0.1, -0.05) is 18.8 Å². The standard InChI is InChI=1S/C21H25N4O4S/c1-12(2)10-16-22-18-17(20(27)25(4)21(28)24(18)3)19(23-16)30-11-15(26)13-6-8-14(29-5)9-7-13/h6-9,12,17H,10-11H2,1-5H3/q+1. The molecule has 0 fully saturated rings. The first-order valence-corrected chi connectivity index (χ1v) is 10.6. The molecule has 0 aliphatic carbocycles. The molecule has 0 bridgehead atoms. The number of imide groups is 1. The van der Waals surface area contributed by atoms with Crippen molar-refractivity contribution in [2.45, 2.75) is 20.3 Å². The van der Waals surface area contributed by atoms with Gasteiger partial charge in [-0.15, -0.1) is 11.8 Å². The van der Waals surface area contributed by atoms with E-state index >= 15 is 0 Å². The quantitative estimate of drug-likeness (QED) is 0.512. The van der Waals surface area contributed by atoms with E-state index in [4.69, 9.17) is 4.74 Å². The van der Waals surface area contributed by atoms with Crippen LogP contribution < -0.4 is 4.74 Å². The zero-order valence-corrected chi connectivity index (χ0v) is 18.5. The molecule has 0 radical (unpaired) electrons. The van der Waals surface area contributed by atoms with Crippen LogP contribution >= 0.6 is 11.8 Å². The van der Waals surface area contributed by atoms with Crippen molar-refractivity contribution in [1.29, 1.82) is 0 Å². The van der Waals surface area contributed by atoms with Gasteiger partial charge in [0.15, 0.2) is 11.7 Å². The maximum atomic E-state index is 12.8. The Morgan fingerprint density at radius 1 is 1.23 bits per heavy atom. The average molecular weight is 430 g/mol. The van der Waals surface area contributed by atoms with E-state index in [1.54, 1.807) is 38.4 Å². The molecule has 30 heavy (non-hydrogen) atoms. The minimum absolute atomic E-state index is 0.0825. The molecule has 158 valence electrons. The van der Waals surface area contributed by atoms with Gasteiger partial charge in [-0.25, -0.2) is 9.79 Å². The minimum Gasteiger partial charge on any atom is -0.497 e. The number of hydrogen-bond donors (Lipinski definition) is 0. The smallest absolute Gasteiger partial charge is 0.445 e. The Kier molecular flexibility index (Phi) is 6.50. The summed E-state index contributed by atoms with van der Waals surface area (Å²) in [7, 11) is 4.61. The Hall–Kier alpha value is -2.81. The SMILES string of the molecule is COc1ccc(C(=O)CSC2=NC(CC(C)C)=NC3=[N+](C)C(=O)N(C)C(=O)C23)cc1. The summed E-state index contributed by atoms with van der Waals surface area (Å²) >= 11 is 1.22. The Morgan fingerprint density at radius 3 is 2.50 bits per heavy atom. The van der Waals surface area contributed by atoms with E-state index < -0.39 is 11.9 Å². The molecule has 1 aromatic carbocycles. The Labute approximate surface area is 179 Å². The Balaban J connectivity index is 1.87. The van der Waals surface area contributed by atoms with Gasteiger partial charge in [0.05, 0.1) is 27.0 Å². The summed E-state index contributed by atoms with van der Waals surface area (Å²) in [6.45, 7) is 4.09. The van der Waals surface area contributed by atoms with Crippen molar-refractivity contribution >= 4 is 46.2 Å². The second-order valence-corrected chi connectivity index (χ2v) is 8.54.